The van der Waals surface area contributed by atoms with Crippen molar-refractivity contribution in [3.63, 3.8) is 0 Å². The van der Waals surface area contributed by atoms with Gasteiger partial charge in [0, 0.05) is 5.56 Å². The first-order chi connectivity index (χ1) is 7.67. The van der Waals surface area contributed by atoms with Crippen LogP contribution in [-0.4, -0.2) is 16.6 Å². The lowest BCUT2D eigenvalue weighted by Gasteiger charge is -2.23. The van der Waals surface area contributed by atoms with E-state index in [-0.39, 0.29) is 0 Å². The van der Waals surface area contributed by atoms with Gasteiger partial charge in [0.15, 0.2) is 8.32 Å². The van der Waals surface area contributed by atoms with Crippen LogP contribution in [0.5, 0.6) is 5.75 Å². The summed E-state index contributed by atoms with van der Waals surface area (Å²) in [7, 11) is -3.01. The third-order valence-corrected chi connectivity index (χ3v) is 3.89. The van der Waals surface area contributed by atoms with Crippen molar-refractivity contribution in [2.75, 3.05) is 0 Å². The highest BCUT2D eigenvalue weighted by Crippen LogP contribution is 2.23. The van der Waals surface area contributed by atoms with Gasteiger partial charge in [0.1, 0.15) is 5.75 Å². The quantitative estimate of drug-likeness (QED) is 0.743. The lowest BCUT2D eigenvalue weighted by Crippen LogP contribution is -2.30. The topological polar surface area (TPSA) is 18.5 Å². The largest absolute Gasteiger partial charge is 0.544 e. The molecule has 0 aliphatic rings. The van der Waals surface area contributed by atoms with Crippen LogP contribution in [0.3, 0.4) is 0 Å². The minimum atomic E-state index is -1.55. The lowest BCUT2D eigenvalue weighted by atomic mass is 10.2. The molecule has 0 heterocycles. The molecule has 2 nitrogen and oxygen atoms in total. The average Bonchev–Trinajstić information content (AvgIpc) is 2.12. The molecule has 0 amide bonds. The number of para-hydroxylation sites is 1. The Morgan fingerprint density at radius 1 is 0.882 bits per heavy atom. The summed E-state index contributed by atoms with van der Waals surface area (Å²) in [6, 6.07) is 8.20. The van der Waals surface area contributed by atoms with E-state index < -0.39 is 16.6 Å². The van der Waals surface area contributed by atoms with Gasteiger partial charge in [-0.1, -0.05) is 18.2 Å². The van der Waals surface area contributed by atoms with E-state index in [1.54, 1.807) is 0 Å². The first-order valence-electron chi connectivity index (χ1n) is 6.08. The van der Waals surface area contributed by atoms with Crippen LogP contribution in [0.25, 0.3) is 0 Å². The van der Waals surface area contributed by atoms with Gasteiger partial charge in [-0.2, -0.15) is 0 Å². The zero-order valence-corrected chi connectivity index (χ0v) is 13.8. The van der Waals surface area contributed by atoms with Gasteiger partial charge in [0.05, 0.1) is 6.61 Å². The van der Waals surface area contributed by atoms with Crippen LogP contribution in [0.4, 0.5) is 0 Å². The van der Waals surface area contributed by atoms with E-state index in [9.17, 15) is 0 Å². The molecule has 96 valence electrons. The Bertz CT molecular complexity index is 364. The van der Waals surface area contributed by atoms with Gasteiger partial charge in [-0.05, 0) is 45.3 Å². The summed E-state index contributed by atoms with van der Waals surface area (Å²) >= 11 is 0. The van der Waals surface area contributed by atoms with E-state index in [0.29, 0.717) is 6.61 Å². The smallest absolute Gasteiger partial charge is 0.242 e. The summed E-state index contributed by atoms with van der Waals surface area (Å²) in [5.41, 5.74) is 1.16. The Labute approximate surface area is 107 Å². The highest BCUT2D eigenvalue weighted by molar-refractivity contribution is 6.70. The second-order valence-electron chi connectivity index (χ2n) is 6.22. The number of rotatable bonds is 5. The summed E-state index contributed by atoms with van der Waals surface area (Å²) in [4.78, 5) is 0. The summed E-state index contributed by atoms with van der Waals surface area (Å²) in [5, 5.41) is 0. The molecule has 0 radical (unpaired) electrons. The molecule has 0 aromatic heterocycles. The molecule has 0 unspecified atom stereocenters. The minimum Gasteiger partial charge on any atom is -0.544 e. The second-order valence-corrected chi connectivity index (χ2v) is 15.2. The van der Waals surface area contributed by atoms with Crippen molar-refractivity contribution in [3.8, 4) is 5.75 Å². The average molecular weight is 269 g/mol. The van der Waals surface area contributed by atoms with Crippen LogP contribution >= 0.6 is 0 Å². The molecule has 1 aromatic carbocycles. The Morgan fingerprint density at radius 3 is 2.00 bits per heavy atom. The van der Waals surface area contributed by atoms with Crippen LogP contribution in [-0.2, 0) is 11.0 Å². The molecule has 0 saturated carbocycles. The van der Waals surface area contributed by atoms with Crippen molar-refractivity contribution in [2.24, 2.45) is 0 Å². The third-order valence-electron chi connectivity index (χ3n) is 2.05. The molecule has 0 aliphatic heterocycles. The summed E-state index contributed by atoms with van der Waals surface area (Å²) in [6.45, 7) is 13.9. The number of benzene rings is 1. The van der Waals surface area contributed by atoms with Gasteiger partial charge >= 0.3 is 0 Å². The third kappa shape index (κ3) is 6.05. The Kier molecular flexibility index (Phi) is 4.57. The normalized spacial score (nSPS) is 12.6. The molecule has 0 spiro atoms. The molecule has 0 N–H and O–H groups in total. The molecule has 4 heteroatoms. The monoisotopic (exact) mass is 268 g/mol. The fourth-order valence-electron chi connectivity index (χ4n) is 1.35. The van der Waals surface area contributed by atoms with Gasteiger partial charge in [0.2, 0.25) is 8.32 Å². The fourth-order valence-corrected chi connectivity index (χ4v) is 2.79. The van der Waals surface area contributed by atoms with E-state index >= 15 is 0 Å². The predicted molar refractivity (Wildman–Crippen MR) is 78.6 cm³/mol. The zero-order valence-electron chi connectivity index (χ0n) is 11.8. The van der Waals surface area contributed by atoms with Crippen molar-refractivity contribution in [3.05, 3.63) is 29.8 Å². The fraction of sp³-hybridized carbons (Fsp3) is 0.538. The van der Waals surface area contributed by atoms with Gasteiger partial charge in [-0.3, -0.25) is 0 Å². The number of hydrogen-bond donors (Lipinski definition) is 0. The van der Waals surface area contributed by atoms with Gasteiger partial charge in [-0.15, -0.1) is 0 Å². The molecule has 0 atom stereocenters. The maximum Gasteiger partial charge on any atom is 0.242 e. The molecular formula is C13H24O2Si2. The zero-order chi connectivity index (χ0) is 13.1. The molecule has 1 aromatic rings. The standard InChI is InChI=1S/C13H24O2Si2/c1-16(2,3)14-11-12-9-7-8-10-13(12)15-17(4,5)6/h7-10H,11H2,1-6H3. The highest BCUT2D eigenvalue weighted by atomic mass is 28.4. The molecule has 0 aliphatic carbocycles. The summed E-state index contributed by atoms with van der Waals surface area (Å²) < 4.78 is 12.0. The summed E-state index contributed by atoms with van der Waals surface area (Å²) in [5.74, 6) is 0.991. The molecule has 17 heavy (non-hydrogen) atoms. The summed E-state index contributed by atoms with van der Waals surface area (Å²) in [6.07, 6.45) is 0. The van der Waals surface area contributed by atoms with Gasteiger partial charge in [0.25, 0.3) is 0 Å². The van der Waals surface area contributed by atoms with E-state index in [2.05, 4.69) is 45.3 Å². The van der Waals surface area contributed by atoms with Crippen molar-refractivity contribution in [1.29, 1.82) is 0 Å². The van der Waals surface area contributed by atoms with Crippen LogP contribution in [0.15, 0.2) is 24.3 Å². The van der Waals surface area contributed by atoms with Gasteiger partial charge < -0.3 is 8.85 Å². The van der Waals surface area contributed by atoms with Crippen LogP contribution < -0.4 is 4.43 Å². The van der Waals surface area contributed by atoms with E-state index in [4.69, 9.17) is 8.85 Å². The Morgan fingerprint density at radius 2 is 1.47 bits per heavy atom. The van der Waals surface area contributed by atoms with E-state index in [1.165, 1.54) is 0 Å². The van der Waals surface area contributed by atoms with Crippen LogP contribution in [0.2, 0.25) is 39.3 Å². The van der Waals surface area contributed by atoms with Crippen molar-refractivity contribution in [1.82, 2.24) is 0 Å². The van der Waals surface area contributed by atoms with E-state index in [0.717, 1.165) is 11.3 Å². The van der Waals surface area contributed by atoms with Crippen LogP contribution in [0.1, 0.15) is 5.56 Å². The first-order valence-corrected chi connectivity index (χ1v) is 12.9. The molecule has 1 rings (SSSR count). The Hall–Kier alpha value is -0.586. The van der Waals surface area contributed by atoms with Gasteiger partial charge in [-0.25, -0.2) is 0 Å². The first kappa shape index (κ1) is 14.5. The van der Waals surface area contributed by atoms with Crippen molar-refractivity contribution >= 4 is 16.6 Å². The molecule has 0 bridgehead atoms. The minimum absolute atomic E-state index is 0.663. The van der Waals surface area contributed by atoms with E-state index in [1.807, 2.05) is 18.2 Å². The molecule has 0 fully saturated rings. The second kappa shape index (κ2) is 5.37. The van der Waals surface area contributed by atoms with Crippen LogP contribution in [0, 0.1) is 0 Å². The SMILES string of the molecule is C[Si](C)(C)OCc1ccccc1O[Si](C)(C)C. The lowest BCUT2D eigenvalue weighted by molar-refractivity contribution is 0.295. The number of hydrogen-bond acceptors (Lipinski definition) is 2. The Balaban J connectivity index is 2.78. The highest BCUT2D eigenvalue weighted by Gasteiger charge is 2.19. The van der Waals surface area contributed by atoms with Crippen molar-refractivity contribution in [2.45, 2.75) is 45.9 Å². The molecule has 0 saturated heterocycles. The van der Waals surface area contributed by atoms with Crippen molar-refractivity contribution < 1.29 is 8.85 Å². The maximum atomic E-state index is 6.07. The molecular weight excluding hydrogens is 244 g/mol. The predicted octanol–water partition coefficient (Wildman–Crippen LogP) is 4.25. The maximum absolute atomic E-state index is 6.07.